The standard InChI is InChI=1S/C16H22O2/c1-2-3-4-5-6-8-14-9-7-10-15(11-14)17-12-16-13-18-16/h2,7,9-11,16H,1,3-6,8,12-13H2. The van der Waals surface area contributed by atoms with Gasteiger partial charge in [0, 0.05) is 0 Å². The number of rotatable bonds is 9. The molecule has 1 fully saturated rings. The normalized spacial score (nSPS) is 17.4. The Balaban J connectivity index is 1.70. The van der Waals surface area contributed by atoms with Crippen LogP contribution in [-0.4, -0.2) is 19.3 Å². The van der Waals surface area contributed by atoms with Crippen molar-refractivity contribution in [3.05, 3.63) is 42.5 Å². The van der Waals surface area contributed by atoms with Crippen LogP contribution in [-0.2, 0) is 11.2 Å². The van der Waals surface area contributed by atoms with Crippen molar-refractivity contribution in [2.24, 2.45) is 0 Å². The molecule has 0 aliphatic carbocycles. The lowest BCUT2D eigenvalue weighted by atomic mass is 10.1. The first-order valence-corrected chi connectivity index (χ1v) is 6.83. The van der Waals surface area contributed by atoms with Crippen LogP contribution in [0.4, 0.5) is 0 Å². The van der Waals surface area contributed by atoms with Gasteiger partial charge in [0.05, 0.1) is 6.61 Å². The van der Waals surface area contributed by atoms with Gasteiger partial charge < -0.3 is 9.47 Å². The number of allylic oxidation sites excluding steroid dienone is 1. The molecule has 2 nitrogen and oxygen atoms in total. The third-order valence-electron chi connectivity index (χ3n) is 3.11. The van der Waals surface area contributed by atoms with Crippen LogP contribution in [0.3, 0.4) is 0 Å². The molecule has 1 aliphatic heterocycles. The van der Waals surface area contributed by atoms with E-state index in [1.54, 1.807) is 0 Å². The van der Waals surface area contributed by atoms with Crippen molar-refractivity contribution in [1.82, 2.24) is 0 Å². The van der Waals surface area contributed by atoms with E-state index >= 15 is 0 Å². The second kappa shape index (κ2) is 7.22. The van der Waals surface area contributed by atoms with E-state index < -0.39 is 0 Å². The summed E-state index contributed by atoms with van der Waals surface area (Å²) in [6, 6.07) is 8.41. The van der Waals surface area contributed by atoms with Crippen LogP contribution in [0, 0.1) is 0 Å². The molecule has 2 heteroatoms. The van der Waals surface area contributed by atoms with Crippen LogP contribution in [0.1, 0.15) is 31.2 Å². The molecule has 18 heavy (non-hydrogen) atoms. The van der Waals surface area contributed by atoms with E-state index in [9.17, 15) is 0 Å². The maximum atomic E-state index is 5.68. The van der Waals surface area contributed by atoms with Gasteiger partial charge in [-0.05, 0) is 43.4 Å². The minimum absolute atomic E-state index is 0.326. The van der Waals surface area contributed by atoms with Crippen LogP contribution < -0.4 is 4.74 Å². The predicted octanol–water partition coefficient (Wildman–Crippen LogP) is 3.75. The molecule has 0 N–H and O–H groups in total. The number of epoxide rings is 1. The summed E-state index contributed by atoms with van der Waals surface area (Å²) in [6.45, 7) is 5.27. The Labute approximate surface area is 110 Å². The van der Waals surface area contributed by atoms with Gasteiger partial charge in [0.25, 0.3) is 0 Å². The summed E-state index contributed by atoms with van der Waals surface area (Å²) in [5, 5.41) is 0. The number of ether oxygens (including phenoxy) is 2. The number of hydrogen-bond acceptors (Lipinski definition) is 2. The van der Waals surface area contributed by atoms with Crippen molar-refractivity contribution in [1.29, 1.82) is 0 Å². The zero-order valence-corrected chi connectivity index (χ0v) is 10.9. The molecular weight excluding hydrogens is 224 g/mol. The van der Waals surface area contributed by atoms with E-state index in [2.05, 4.69) is 24.8 Å². The van der Waals surface area contributed by atoms with Gasteiger partial charge in [0.1, 0.15) is 18.5 Å². The highest BCUT2D eigenvalue weighted by atomic mass is 16.6. The van der Waals surface area contributed by atoms with Crippen molar-refractivity contribution in [2.45, 2.75) is 38.2 Å². The first-order chi connectivity index (χ1) is 8.88. The molecule has 0 saturated carbocycles. The molecule has 1 heterocycles. The Morgan fingerprint density at radius 1 is 1.33 bits per heavy atom. The molecule has 0 aromatic heterocycles. The molecule has 1 saturated heterocycles. The Kier molecular flexibility index (Phi) is 5.28. The molecule has 2 rings (SSSR count). The molecule has 98 valence electrons. The van der Waals surface area contributed by atoms with Crippen molar-refractivity contribution in [2.75, 3.05) is 13.2 Å². The van der Waals surface area contributed by atoms with E-state index in [4.69, 9.17) is 9.47 Å². The van der Waals surface area contributed by atoms with Gasteiger partial charge in [-0.2, -0.15) is 0 Å². The zero-order valence-electron chi connectivity index (χ0n) is 10.9. The third kappa shape index (κ3) is 4.92. The first kappa shape index (κ1) is 13.2. The average Bonchev–Trinajstić information content (AvgIpc) is 3.21. The Hall–Kier alpha value is -1.28. The average molecular weight is 246 g/mol. The van der Waals surface area contributed by atoms with Crippen LogP contribution in [0.15, 0.2) is 36.9 Å². The van der Waals surface area contributed by atoms with E-state index in [0.29, 0.717) is 12.7 Å². The van der Waals surface area contributed by atoms with Gasteiger partial charge in [0.15, 0.2) is 0 Å². The number of unbranched alkanes of at least 4 members (excludes halogenated alkanes) is 3. The molecule has 0 spiro atoms. The fraction of sp³-hybridized carbons (Fsp3) is 0.500. The molecule has 1 aliphatic rings. The van der Waals surface area contributed by atoms with Crippen LogP contribution >= 0.6 is 0 Å². The van der Waals surface area contributed by atoms with Gasteiger partial charge in [-0.15, -0.1) is 6.58 Å². The first-order valence-electron chi connectivity index (χ1n) is 6.83. The summed E-state index contributed by atoms with van der Waals surface area (Å²) < 4.78 is 10.8. The van der Waals surface area contributed by atoms with Gasteiger partial charge >= 0.3 is 0 Å². The summed E-state index contributed by atoms with van der Waals surface area (Å²) in [7, 11) is 0. The monoisotopic (exact) mass is 246 g/mol. The third-order valence-corrected chi connectivity index (χ3v) is 3.11. The number of benzene rings is 1. The summed E-state index contributed by atoms with van der Waals surface area (Å²) in [6.07, 6.45) is 8.34. The SMILES string of the molecule is C=CCCCCCc1cccc(OCC2CO2)c1. The molecule has 1 aromatic rings. The smallest absolute Gasteiger partial charge is 0.119 e. The molecular formula is C16H22O2. The lowest BCUT2D eigenvalue weighted by Gasteiger charge is -2.06. The van der Waals surface area contributed by atoms with Crippen LogP contribution in [0.25, 0.3) is 0 Å². The summed E-state index contributed by atoms with van der Waals surface area (Å²) >= 11 is 0. The molecule has 0 bridgehead atoms. The number of hydrogen-bond donors (Lipinski definition) is 0. The maximum Gasteiger partial charge on any atom is 0.119 e. The topological polar surface area (TPSA) is 21.8 Å². The Morgan fingerprint density at radius 3 is 3.00 bits per heavy atom. The van der Waals surface area contributed by atoms with Crippen LogP contribution in [0.5, 0.6) is 5.75 Å². The van der Waals surface area contributed by atoms with Gasteiger partial charge in [-0.3, -0.25) is 0 Å². The quantitative estimate of drug-likeness (QED) is 0.376. The van der Waals surface area contributed by atoms with E-state index in [-0.39, 0.29) is 0 Å². The lowest BCUT2D eigenvalue weighted by molar-refractivity contribution is 0.263. The highest BCUT2D eigenvalue weighted by molar-refractivity contribution is 5.28. The molecule has 1 unspecified atom stereocenters. The minimum Gasteiger partial charge on any atom is -0.491 e. The Morgan fingerprint density at radius 2 is 2.22 bits per heavy atom. The molecule has 1 aromatic carbocycles. The second-order valence-electron chi connectivity index (χ2n) is 4.80. The molecule has 0 radical (unpaired) electrons. The maximum absolute atomic E-state index is 5.68. The predicted molar refractivity (Wildman–Crippen MR) is 74.0 cm³/mol. The van der Waals surface area contributed by atoms with Crippen molar-refractivity contribution in [3.63, 3.8) is 0 Å². The van der Waals surface area contributed by atoms with Gasteiger partial charge in [-0.1, -0.05) is 24.6 Å². The molecule has 1 atom stereocenters. The van der Waals surface area contributed by atoms with E-state index in [1.165, 1.54) is 24.8 Å². The van der Waals surface area contributed by atoms with Gasteiger partial charge in [-0.25, -0.2) is 0 Å². The number of aryl methyl sites for hydroxylation is 1. The van der Waals surface area contributed by atoms with Gasteiger partial charge in [0.2, 0.25) is 0 Å². The summed E-state index contributed by atoms with van der Waals surface area (Å²) in [5.41, 5.74) is 1.36. The van der Waals surface area contributed by atoms with Crippen molar-refractivity contribution in [3.8, 4) is 5.75 Å². The second-order valence-corrected chi connectivity index (χ2v) is 4.80. The summed E-state index contributed by atoms with van der Waals surface area (Å²) in [5.74, 6) is 0.967. The largest absolute Gasteiger partial charge is 0.491 e. The highest BCUT2D eigenvalue weighted by Crippen LogP contribution is 2.18. The lowest BCUT2D eigenvalue weighted by Crippen LogP contribution is -2.04. The zero-order chi connectivity index (χ0) is 12.6. The summed E-state index contributed by atoms with van der Waals surface area (Å²) in [4.78, 5) is 0. The molecule has 0 amide bonds. The highest BCUT2D eigenvalue weighted by Gasteiger charge is 2.22. The van der Waals surface area contributed by atoms with Crippen LogP contribution in [0.2, 0.25) is 0 Å². The van der Waals surface area contributed by atoms with E-state index in [0.717, 1.165) is 25.2 Å². The van der Waals surface area contributed by atoms with Crippen molar-refractivity contribution < 1.29 is 9.47 Å². The fourth-order valence-corrected chi connectivity index (χ4v) is 1.94. The van der Waals surface area contributed by atoms with Crippen molar-refractivity contribution >= 4 is 0 Å². The Bertz CT molecular complexity index is 369. The van der Waals surface area contributed by atoms with E-state index in [1.807, 2.05) is 12.1 Å². The minimum atomic E-state index is 0.326. The fourth-order valence-electron chi connectivity index (χ4n) is 1.94.